The maximum atomic E-state index is 13.3. The average molecular weight is 419 g/mol. The fourth-order valence-corrected chi connectivity index (χ4v) is 4.27. The molecular formula is C26H27FN2O2. The molecule has 4 nitrogen and oxygen atoms in total. The first kappa shape index (κ1) is 21.2. The van der Waals surface area contributed by atoms with Gasteiger partial charge in [0.05, 0.1) is 5.56 Å². The van der Waals surface area contributed by atoms with Crippen molar-refractivity contribution < 1.29 is 14.3 Å². The van der Waals surface area contributed by atoms with Gasteiger partial charge in [-0.2, -0.15) is 0 Å². The molecule has 1 unspecified atom stereocenters. The molecule has 3 aromatic carbocycles. The summed E-state index contributed by atoms with van der Waals surface area (Å²) in [6, 6.07) is 22.8. The third kappa shape index (κ3) is 5.57. The van der Waals surface area contributed by atoms with Crippen molar-refractivity contribution >= 4 is 5.97 Å². The minimum Gasteiger partial charge on any atom is -0.478 e. The van der Waals surface area contributed by atoms with Crippen LogP contribution in [-0.2, 0) is 25.9 Å². The number of carbonyl (C=O) groups is 1. The molecule has 4 rings (SSSR count). The maximum Gasteiger partial charge on any atom is 0.335 e. The second kappa shape index (κ2) is 9.86. The second-order valence-corrected chi connectivity index (χ2v) is 8.11. The van der Waals surface area contributed by atoms with Crippen molar-refractivity contribution in [3.8, 4) is 0 Å². The van der Waals surface area contributed by atoms with E-state index in [4.69, 9.17) is 5.11 Å². The van der Waals surface area contributed by atoms with Crippen molar-refractivity contribution in [1.82, 2.24) is 10.2 Å². The van der Waals surface area contributed by atoms with Crippen molar-refractivity contribution in [2.24, 2.45) is 0 Å². The Kier molecular flexibility index (Phi) is 6.75. The molecule has 1 aliphatic rings. The summed E-state index contributed by atoms with van der Waals surface area (Å²) >= 11 is 0. The largest absolute Gasteiger partial charge is 0.478 e. The Morgan fingerprint density at radius 2 is 1.77 bits per heavy atom. The summed E-state index contributed by atoms with van der Waals surface area (Å²) in [6.07, 6.45) is 1.86. The monoisotopic (exact) mass is 418 g/mol. The zero-order valence-corrected chi connectivity index (χ0v) is 17.4. The number of benzene rings is 3. The first-order valence-electron chi connectivity index (χ1n) is 10.7. The van der Waals surface area contributed by atoms with Gasteiger partial charge in [-0.1, -0.05) is 48.5 Å². The zero-order valence-electron chi connectivity index (χ0n) is 17.4. The van der Waals surface area contributed by atoms with E-state index in [0.29, 0.717) is 18.2 Å². The van der Waals surface area contributed by atoms with Gasteiger partial charge in [0.25, 0.3) is 0 Å². The third-order valence-electron chi connectivity index (χ3n) is 5.93. The molecule has 0 amide bonds. The molecule has 0 bridgehead atoms. The predicted molar refractivity (Wildman–Crippen MR) is 120 cm³/mol. The minimum absolute atomic E-state index is 0.203. The van der Waals surface area contributed by atoms with Gasteiger partial charge in [0.15, 0.2) is 0 Å². The highest BCUT2D eigenvalue weighted by Gasteiger charge is 2.25. The second-order valence-electron chi connectivity index (χ2n) is 8.11. The van der Waals surface area contributed by atoms with E-state index in [2.05, 4.69) is 34.5 Å². The fourth-order valence-electron chi connectivity index (χ4n) is 4.27. The summed E-state index contributed by atoms with van der Waals surface area (Å²) in [5.41, 5.74) is 5.18. The van der Waals surface area contributed by atoms with Crippen molar-refractivity contribution in [2.45, 2.75) is 32.0 Å². The Balaban J connectivity index is 1.38. The maximum absolute atomic E-state index is 13.3. The highest BCUT2D eigenvalue weighted by Crippen LogP contribution is 2.25. The number of rotatable bonds is 8. The number of carboxylic acid groups (broad SMARTS) is 1. The van der Waals surface area contributed by atoms with E-state index in [1.807, 2.05) is 18.2 Å². The van der Waals surface area contributed by atoms with Crippen LogP contribution in [0.4, 0.5) is 4.39 Å². The van der Waals surface area contributed by atoms with Crippen LogP contribution in [0.1, 0.15) is 32.6 Å². The standard InChI is InChI=1S/C26H27FN2O2/c27-24-10-8-19(9-11-24)15-25-16-21-5-1-2-6-23(21)18-29(25)13-12-28-17-20-4-3-7-22(14-20)26(30)31/h1-11,14,25,28H,12-13,15-18H2,(H,30,31). The first-order chi connectivity index (χ1) is 15.1. The number of fused-ring (bicyclic) bond motifs is 1. The van der Waals surface area contributed by atoms with Crippen molar-refractivity contribution in [1.29, 1.82) is 0 Å². The predicted octanol–water partition coefficient (Wildman–Crippen LogP) is 4.28. The van der Waals surface area contributed by atoms with E-state index in [1.165, 1.54) is 23.3 Å². The minimum atomic E-state index is -0.905. The van der Waals surface area contributed by atoms with E-state index >= 15 is 0 Å². The lowest BCUT2D eigenvalue weighted by atomic mass is 9.90. The van der Waals surface area contributed by atoms with Crippen LogP contribution in [0.2, 0.25) is 0 Å². The van der Waals surface area contributed by atoms with Crippen LogP contribution in [0.5, 0.6) is 0 Å². The molecule has 1 aliphatic heterocycles. The molecule has 0 aromatic heterocycles. The molecule has 0 saturated heterocycles. The summed E-state index contributed by atoms with van der Waals surface area (Å²) in [5.74, 6) is -1.11. The lowest BCUT2D eigenvalue weighted by Crippen LogP contribution is -2.44. The van der Waals surface area contributed by atoms with E-state index in [-0.39, 0.29) is 5.82 Å². The molecule has 0 fully saturated rings. The number of carboxylic acids is 1. The number of nitrogens with one attached hydrogen (secondary N) is 1. The van der Waals surface area contributed by atoms with Gasteiger partial charge in [-0.3, -0.25) is 4.90 Å². The van der Waals surface area contributed by atoms with Crippen LogP contribution in [0, 0.1) is 5.82 Å². The Morgan fingerprint density at radius 1 is 1.00 bits per heavy atom. The lowest BCUT2D eigenvalue weighted by Gasteiger charge is -2.37. The van der Waals surface area contributed by atoms with Gasteiger partial charge in [-0.05, 0) is 59.4 Å². The van der Waals surface area contributed by atoms with Gasteiger partial charge in [0.2, 0.25) is 0 Å². The summed E-state index contributed by atoms with van der Waals surface area (Å²) in [7, 11) is 0. The van der Waals surface area contributed by atoms with E-state index in [0.717, 1.165) is 43.6 Å². The smallest absolute Gasteiger partial charge is 0.335 e. The van der Waals surface area contributed by atoms with Crippen LogP contribution in [0.25, 0.3) is 0 Å². The molecule has 0 spiro atoms. The van der Waals surface area contributed by atoms with Crippen LogP contribution < -0.4 is 5.32 Å². The molecule has 3 aromatic rings. The van der Waals surface area contributed by atoms with E-state index < -0.39 is 5.97 Å². The zero-order chi connectivity index (χ0) is 21.6. The molecule has 160 valence electrons. The molecule has 0 aliphatic carbocycles. The highest BCUT2D eigenvalue weighted by molar-refractivity contribution is 5.87. The number of aromatic carboxylic acids is 1. The van der Waals surface area contributed by atoms with E-state index in [1.54, 1.807) is 18.2 Å². The molecular weight excluding hydrogens is 391 g/mol. The third-order valence-corrected chi connectivity index (χ3v) is 5.93. The molecule has 0 saturated carbocycles. The number of hydrogen-bond donors (Lipinski definition) is 2. The quantitative estimate of drug-likeness (QED) is 0.536. The number of halogens is 1. The fraction of sp³-hybridized carbons (Fsp3) is 0.269. The van der Waals surface area contributed by atoms with Crippen molar-refractivity contribution in [3.63, 3.8) is 0 Å². The number of nitrogens with zero attached hydrogens (tertiary/aromatic N) is 1. The Morgan fingerprint density at radius 3 is 2.55 bits per heavy atom. The molecule has 1 heterocycles. The van der Waals surface area contributed by atoms with Gasteiger partial charge in [0, 0.05) is 32.2 Å². The number of hydrogen-bond acceptors (Lipinski definition) is 3. The van der Waals surface area contributed by atoms with Crippen LogP contribution >= 0.6 is 0 Å². The Hall–Kier alpha value is -3.02. The SMILES string of the molecule is O=C(O)c1cccc(CNCCN2Cc3ccccc3CC2Cc2ccc(F)cc2)c1. The molecule has 0 radical (unpaired) electrons. The van der Waals surface area contributed by atoms with Gasteiger partial charge < -0.3 is 10.4 Å². The van der Waals surface area contributed by atoms with Crippen LogP contribution in [0.3, 0.4) is 0 Å². The van der Waals surface area contributed by atoms with Gasteiger partial charge in [-0.25, -0.2) is 9.18 Å². The molecule has 1 atom stereocenters. The topological polar surface area (TPSA) is 52.6 Å². The summed E-state index contributed by atoms with van der Waals surface area (Å²) in [5, 5.41) is 12.6. The van der Waals surface area contributed by atoms with Gasteiger partial charge in [-0.15, -0.1) is 0 Å². The molecule has 31 heavy (non-hydrogen) atoms. The van der Waals surface area contributed by atoms with Gasteiger partial charge in [0.1, 0.15) is 5.82 Å². The lowest BCUT2D eigenvalue weighted by molar-refractivity contribution is 0.0696. The van der Waals surface area contributed by atoms with Gasteiger partial charge >= 0.3 is 5.97 Å². The Bertz CT molecular complexity index is 1040. The first-order valence-corrected chi connectivity index (χ1v) is 10.7. The molecule has 2 N–H and O–H groups in total. The summed E-state index contributed by atoms with van der Waals surface area (Å²) < 4.78 is 13.3. The average Bonchev–Trinajstić information content (AvgIpc) is 2.78. The normalized spacial score (nSPS) is 16.1. The summed E-state index contributed by atoms with van der Waals surface area (Å²) in [4.78, 5) is 13.6. The van der Waals surface area contributed by atoms with E-state index in [9.17, 15) is 9.18 Å². The summed E-state index contributed by atoms with van der Waals surface area (Å²) in [6.45, 7) is 3.23. The van der Waals surface area contributed by atoms with Crippen LogP contribution in [-0.4, -0.2) is 35.1 Å². The van der Waals surface area contributed by atoms with Crippen LogP contribution in [0.15, 0.2) is 72.8 Å². The van der Waals surface area contributed by atoms with Crippen molar-refractivity contribution in [2.75, 3.05) is 13.1 Å². The molecule has 5 heteroatoms. The Labute approximate surface area is 182 Å². The van der Waals surface area contributed by atoms with Crippen molar-refractivity contribution in [3.05, 3.63) is 106 Å². The highest BCUT2D eigenvalue weighted by atomic mass is 19.1.